The van der Waals surface area contributed by atoms with Crippen LogP contribution in [0.1, 0.15) is 36.0 Å². The van der Waals surface area contributed by atoms with Gasteiger partial charge in [-0.3, -0.25) is 19.3 Å². The molecule has 1 aliphatic rings. The van der Waals surface area contributed by atoms with Crippen molar-refractivity contribution in [2.24, 2.45) is 7.05 Å². The molecule has 8 nitrogen and oxygen atoms in total. The van der Waals surface area contributed by atoms with Crippen LogP contribution in [0.25, 0.3) is 21.8 Å². The van der Waals surface area contributed by atoms with Crippen LogP contribution in [0.5, 0.6) is 11.5 Å². The van der Waals surface area contributed by atoms with E-state index in [2.05, 4.69) is 16.7 Å². The van der Waals surface area contributed by atoms with Crippen molar-refractivity contribution >= 4 is 45.6 Å². The number of hydrogen-bond acceptors (Lipinski definition) is 6. The van der Waals surface area contributed by atoms with Crippen LogP contribution in [0.4, 0.5) is 0 Å². The van der Waals surface area contributed by atoms with Gasteiger partial charge in [0.1, 0.15) is 11.5 Å². The molecule has 192 valence electrons. The highest BCUT2D eigenvalue weighted by molar-refractivity contribution is 6.12. The van der Waals surface area contributed by atoms with E-state index in [1.807, 2.05) is 31.3 Å². The first kappa shape index (κ1) is 25.0. The number of fused-ring (bicyclic) bond motifs is 3. The molecule has 3 aromatic carbocycles. The molecule has 8 heteroatoms. The van der Waals surface area contributed by atoms with Gasteiger partial charge in [-0.25, -0.2) is 4.79 Å². The summed E-state index contributed by atoms with van der Waals surface area (Å²) >= 11 is 0. The molecule has 0 spiro atoms. The SMILES string of the molecule is Cn1c2ccccc2c2ccc(OC(=O)c3ccc(OC(=O)CCCCCN4C(=O)C=CC4=O)cc3)cc21. The summed E-state index contributed by atoms with van der Waals surface area (Å²) in [5.74, 6) is -0.716. The van der Waals surface area contributed by atoms with Crippen molar-refractivity contribution in [3.8, 4) is 11.5 Å². The standard InChI is InChI=1S/C30H26N2O6/c1-31-25-8-5-4-7-23(25)24-15-14-22(19-26(24)31)38-30(36)20-10-12-21(13-11-20)37-29(35)9-3-2-6-18-32-27(33)16-17-28(32)34/h4-5,7-8,10-17,19H,2-3,6,9,18H2,1H3. The molecule has 38 heavy (non-hydrogen) atoms. The van der Waals surface area contributed by atoms with Crippen molar-refractivity contribution in [2.45, 2.75) is 25.7 Å². The summed E-state index contributed by atoms with van der Waals surface area (Å²) in [4.78, 5) is 49.1. The third-order valence-corrected chi connectivity index (χ3v) is 6.58. The van der Waals surface area contributed by atoms with Crippen molar-refractivity contribution < 1.29 is 28.7 Å². The van der Waals surface area contributed by atoms with Crippen LogP contribution in [-0.4, -0.2) is 39.8 Å². The fraction of sp³-hybridized carbons (Fsp3) is 0.200. The number of hydrogen-bond donors (Lipinski definition) is 0. The highest BCUT2D eigenvalue weighted by atomic mass is 16.5. The Labute approximate surface area is 219 Å². The molecule has 2 amide bonds. The van der Waals surface area contributed by atoms with Crippen molar-refractivity contribution in [1.29, 1.82) is 0 Å². The molecule has 0 atom stereocenters. The number of aromatic nitrogens is 1. The molecule has 0 unspecified atom stereocenters. The Hall–Kier alpha value is -4.72. The lowest BCUT2D eigenvalue weighted by Gasteiger charge is -2.12. The first-order chi connectivity index (χ1) is 18.4. The third-order valence-electron chi connectivity index (χ3n) is 6.58. The zero-order valence-electron chi connectivity index (χ0n) is 20.9. The second kappa shape index (κ2) is 10.7. The van der Waals surface area contributed by atoms with Crippen molar-refractivity contribution in [1.82, 2.24) is 9.47 Å². The second-order valence-electron chi connectivity index (χ2n) is 9.12. The maximum absolute atomic E-state index is 12.7. The summed E-state index contributed by atoms with van der Waals surface area (Å²) in [7, 11) is 1.98. The first-order valence-electron chi connectivity index (χ1n) is 12.4. The van der Waals surface area contributed by atoms with Gasteiger partial charge in [0.25, 0.3) is 11.8 Å². The number of aryl methyl sites for hydroxylation is 1. The number of imide groups is 1. The summed E-state index contributed by atoms with van der Waals surface area (Å²) in [6.07, 6.45) is 4.61. The third kappa shape index (κ3) is 5.20. The minimum atomic E-state index is -0.508. The Morgan fingerprint density at radius 3 is 2.18 bits per heavy atom. The summed E-state index contributed by atoms with van der Waals surface area (Å²) in [5.41, 5.74) is 2.40. The molecule has 0 N–H and O–H groups in total. The summed E-state index contributed by atoms with van der Waals surface area (Å²) in [6, 6.07) is 19.9. The van der Waals surface area contributed by atoms with Crippen molar-refractivity contribution in [3.05, 3.63) is 84.4 Å². The highest BCUT2D eigenvalue weighted by Gasteiger charge is 2.22. The lowest BCUT2D eigenvalue weighted by Crippen LogP contribution is -2.30. The van der Waals surface area contributed by atoms with E-state index in [1.165, 1.54) is 17.1 Å². The van der Waals surface area contributed by atoms with Crippen LogP contribution < -0.4 is 9.47 Å². The minimum absolute atomic E-state index is 0.209. The molecular formula is C30H26N2O6. The number of nitrogens with zero attached hydrogens (tertiary/aromatic N) is 2. The van der Waals surface area contributed by atoms with Crippen LogP contribution in [0, 0.1) is 0 Å². The summed E-state index contributed by atoms with van der Waals surface area (Å²) < 4.78 is 13.0. The van der Waals surface area contributed by atoms with E-state index < -0.39 is 11.9 Å². The average Bonchev–Trinajstić information content (AvgIpc) is 3.39. The van der Waals surface area contributed by atoms with E-state index in [9.17, 15) is 19.2 Å². The van der Waals surface area contributed by atoms with E-state index in [0.29, 0.717) is 42.9 Å². The van der Waals surface area contributed by atoms with Gasteiger partial charge in [0.05, 0.1) is 11.1 Å². The minimum Gasteiger partial charge on any atom is -0.427 e. The lowest BCUT2D eigenvalue weighted by molar-refractivity contribution is -0.137. The van der Waals surface area contributed by atoms with Gasteiger partial charge in [-0.1, -0.05) is 24.6 Å². The smallest absolute Gasteiger partial charge is 0.343 e. The molecule has 0 saturated heterocycles. The molecule has 2 heterocycles. The number of unbranched alkanes of at least 4 members (excludes halogenated alkanes) is 2. The van der Waals surface area contributed by atoms with Crippen LogP contribution >= 0.6 is 0 Å². The van der Waals surface area contributed by atoms with Gasteiger partial charge in [-0.2, -0.15) is 0 Å². The quantitative estimate of drug-likeness (QED) is 0.137. The maximum atomic E-state index is 12.7. The number of carbonyl (C=O) groups is 4. The Balaban J connectivity index is 1.11. The van der Waals surface area contributed by atoms with Gasteiger partial charge in [-0.15, -0.1) is 0 Å². The predicted octanol–water partition coefficient (Wildman–Crippen LogP) is 4.94. The summed E-state index contributed by atoms with van der Waals surface area (Å²) in [5, 5.41) is 2.23. The van der Waals surface area contributed by atoms with E-state index >= 15 is 0 Å². The molecule has 1 aliphatic heterocycles. The van der Waals surface area contributed by atoms with Gasteiger partial charge in [0, 0.05) is 54.5 Å². The Bertz CT molecular complexity index is 1560. The number of ether oxygens (including phenoxy) is 2. The molecule has 0 aliphatic carbocycles. The van der Waals surface area contributed by atoms with Crippen molar-refractivity contribution in [3.63, 3.8) is 0 Å². The number of esters is 2. The van der Waals surface area contributed by atoms with E-state index in [1.54, 1.807) is 30.3 Å². The Morgan fingerprint density at radius 1 is 0.737 bits per heavy atom. The maximum Gasteiger partial charge on any atom is 0.343 e. The number of benzene rings is 3. The fourth-order valence-corrected chi connectivity index (χ4v) is 4.58. The van der Waals surface area contributed by atoms with Gasteiger partial charge in [-0.05, 0) is 55.3 Å². The highest BCUT2D eigenvalue weighted by Crippen LogP contribution is 2.31. The van der Waals surface area contributed by atoms with Gasteiger partial charge in [0.2, 0.25) is 0 Å². The molecular weight excluding hydrogens is 484 g/mol. The molecule has 0 radical (unpaired) electrons. The van der Waals surface area contributed by atoms with Crippen LogP contribution in [0.2, 0.25) is 0 Å². The van der Waals surface area contributed by atoms with E-state index in [4.69, 9.17) is 9.47 Å². The van der Waals surface area contributed by atoms with Gasteiger partial charge < -0.3 is 14.0 Å². The number of carbonyl (C=O) groups excluding carboxylic acids is 4. The number of para-hydroxylation sites is 1. The molecule has 5 rings (SSSR count). The monoisotopic (exact) mass is 510 g/mol. The van der Waals surface area contributed by atoms with E-state index in [0.717, 1.165) is 21.8 Å². The van der Waals surface area contributed by atoms with E-state index in [-0.39, 0.29) is 18.2 Å². The summed E-state index contributed by atoms with van der Waals surface area (Å²) in [6.45, 7) is 0.340. The molecule has 0 fully saturated rings. The molecule has 0 saturated carbocycles. The van der Waals surface area contributed by atoms with Crippen molar-refractivity contribution in [2.75, 3.05) is 6.54 Å². The Kier molecular flexibility index (Phi) is 7.04. The van der Waals surface area contributed by atoms with Crippen LogP contribution in [0.3, 0.4) is 0 Å². The molecule has 0 bridgehead atoms. The zero-order valence-corrected chi connectivity index (χ0v) is 20.9. The van der Waals surface area contributed by atoms with Crippen LogP contribution in [0.15, 0.2) is 78.9 Å². The topological polar surface area (TPSA) is 94.9 Å². The predicted molar refractivity (Wildman–Crippen MR) is 142 cm³/mol. The number of rotatable bonds is 9. The molecule has 1 aromatic heterocycles. The second-order valence-corrected chi connectivity index (χ2v) is 9.12. The van der Waals surface area contributed by atoms with Gasteiger partial charge >= 0.3 is 11.9 Å². The van der Waals surface area contributed by atoms with Crippen LogP contribution in [-0.2, 0) is 21.4 Å². The van der Waals surface area contributed by atoms with Gasteiger partial charge in [0.15, 0.2) is 0 Å². The fourth-order valence-electron chi connectivity index (χ4n) is 4.58. The average molecular weight is 511 g/mol. The zero-order chi connectivity index (χ0) is 26.6. The lowest BCUT2D eigenvalue weighted by atomic mass is 10.1. The first-order valence-corrected chi connectivity index (χ1v) is 12.4. The number of amides is 2. The normalized spacial score (nSPS) is 13.0. The largest absolute Gasteiger partial charge is 0.427 e. The Morgan fingerprint density at radius 2 is 1.42 bits per heavy atom. The molecule has 4 aromatic rings.